The Morgan fingerprint density at radius 2 is 1.28 bits per heavy atom. The van der Waals surface area contributed by atoms with Gasteiger partial charge in [0.1, 0.15) is 0 Å². The molecular weight excluding hydrogens is 402 g/mol. The van der Waals surface area contributed by atoms with Gasteiger partial charge in [-0.05, 0) is 25.1 Å². The van der Waals surface area contributed by atoms with Gasteiger partial charge < -0.3 is 10.1 Å². The SMILES string of the molecule is CCCCCCCCCCCCCCCCCCOC(=S)NC1CCS(=O)(=O)C1. The molecule has 0 aromatic heterocycles. The highest BCUT2D eigenvalue weighted by Gasteiger charge is 2.28. The Kier molecular flexibility index (Phi) is 15.9. The molecular formula is C23H45NO3S2. The number of nitrogens with one attached hydrogen (secondary N) is 1. The zero-order valence-electron chi connectivity index (χ0n) is 18.8. The molecule has 0 bridgehead atoms. The molecule has 1 aliphatic heterocycles. The van der Waals surface area contributed by atoms with Crippen LogP contribution in [0.3, 0.4) is 0 Å². The molecule has 1 rings (SSSR count). The monoisotopic (exact) mass is 447 g/mol. The van der Waals surface area contributed by atoms with E-state index in [-0.39, 0.29) is 17.5 Å². The second-order valence-corrected chi connectivity index (χ2v) is 11.3. The lowest BCUT2D eigenvalue weighted by Gasteiger charge is -2.13. The van der Waals surface area contributed by atoms with Crippen molar-refractivity contribution in [3.8, 4) is 0 Å². The first-order valence-corrected chi connectivity index (χ1v) is 14.4. The molecule has 0 aliphatic carbocycles. The van der Waals surface area contributed by atoms with Crippen LogP contribution in [-0.2, 0) is 14.6 Å². The summed E-state index contributed by atoms with van der Waals surface area (Å²) < 4.78 is 28.4. The third-order valence-electron chi connectivity index (χ3n) is 5.79. The van der Waals surface area contributed by atoms with Crippen molar-refractivity contribution in [2.24, 2.45) is 0 Å². The number of sulfone groups is 1. The van der Waals surface area contributed by atoms with Crippen LogP contribution >= 0.6 is 12.2 Å². The molecule has 1 atom stereocenters. The van der Waals surface area contributed by atoms with E-state index in [9.17, 15) is 8.42 Å². The van der Waals surface area contributed by atoms with Crippen molar-refractivity contribution in [3.63, 3.8) is 0 Å². The summed E-state index contributed by atoms with van der Waals surface area (Å²) in [4.78, 5) is 0. The highest BCUT2D eigenvalue weighted by atomic mass is 32.2. The average molecular weight is 448 g/mol. The first kappa shape index (κ1) is 26.7. The third-order valence-corrected chi connectivity index (χ3v) is 7.79. The lowest BCUT2D eigenvalue weighted by atomic mass is 10.0. The number of rotatable bonds is 18. The van der Waals surface area contributed by atoms with Crippen LogP contribution in [0.5, 0.6) is 0 Å². The normalized spacial score (nSPS) is 18.0. The number of ether oxygens (including phenoxy) is 1. The van der Waals surface area contributed by atoms with Crippen molar-refractivity contribution < 1.29 is 13.2 Å². The van der Waals surface area contributed by atoms with Crippen molar-refractivity contribution in [2.45, 2.75) is 122 Å². The average Bonchev–Trinajstić information content (AvgIpc) is 3.02. The standard InChI is InChI=1S/C23H45NO3S2/c1-2-3-4-5-6-7-8-9-10-11-12-13-14-15-16-17-19-27-23(28)24-22-18-20-29(25,26)21-22/h22H,2-21H2,1H3,(H,24,28). The summed E-state index contributed by atoms with van der Waals surface area (Å²) in [5.74, 6) is 0.432. The number of hydrogen-bond acceptors (Lipinski definition) is 4. The van der Waals surface area contributed by atoms with Crippen LogP contribution in [0, 0.1) is 0 Å². The molecule has 0 radical (unpaired) electrons. The van der Waals surface area contributed by atoms with Gasteiger partial charge in [-0.2, -0.15) is 0 Å². The molecule has 172 valence electrons. The molecule has 1 aliphatic rings. The third kappa shape index (κ3) is 16.1. The predicted molar refractivity (Wildman–Crippen MR) is 128 cm³/mol. The molecule has 0 aromatic carbocycles. The van der Waals surface area contributed by atoms with Crippen LogP contribution in [-0.4, -0.2) is 37.7 Å². The summed E-state index contributed by atoms with van der Waals surface area (Å²) in [7, 11) is -2.87. The minimum Gasteiger partial charge on any atom is -0.471 e. The summed E-state index contributed by atoms with van der Waals surface area (Å²) in [6.45, 7) is 2.91. The van der Waals surface area contributed by atoms with E-state index >= 15 is 0 Å². The van der Waals surface area contributed by atoms with Crippen LogP contribution < -0.4 is 5.32 Å². The van der Waals surface area contributed by atoms with Gasteiger partial charge in [-0.25, -0.2) is 8.42 Å². The van der Waals surface area contributed by atoms with Gasteiger partial charge in [0, 0.05) is 6.04 Å². The van der Waals surface area contributed by atoms with E-state index in [1.165, 1.54) is 96.3 Å². The molecule has 1 saturated heterocycles. The Morgan fingerprint density at radius 1 is 0.828 bits per heavy atom. The minimum atomic E-state index is -2.87. The molecule has 0 amide bonds. The number of thiocarbonyl (C=S) groups is 1. The van der Waals surface area contributed by atoms with Gasteiger partial charge in [-0.1, -0.05) is 103 Å². The zero-order chi connectivity index (χ0) is 21.2. The van der Waals surface area contributed by atoms with E-state index in [0.717, 1.165) is 6.42 Å². The van der Waals surface area contributed by atoms with Crippen molar-refractivity contribution in [1.82, 2.24) is 5.32 Å². The first-order valence-electron chi connectivity index (χ1n) is 12.2. The molecule has 0 aromatic rings. The maximum atomic E-state index is 11.4. The van der Waals surface area contributed by atoms with Crippen LogP contribution in [0.1, 0.15) is 116 Å². The fourth-order valence-electron chi connectivity index (χ4n) is 3.93. The predicted octanol–water partition coefficient (Wildman–Crippen LogP) is 6.33. The van der Waals surface area contributed by atoms with Gasteiger partial charge in [-0.15, -0.1) is 0 Å². The van der Waals surface area contributed by atoms with E-state index in [0.29, 0.717) is 18.2 Å². The van der Waals surface area contributed by atoms with Gasteiger partial charge >= 0.3 is 0 Å². The molecule has 29 heavy (non-hydrogen) atoms. The molecule has 1 heterocycles. The fourth-order valence-corrected chi connectivity index (χ4v) is 5.86. The Morgan fingerprint density at radius 3 is 1.69 bits per heavy atom. The van der Waals surface area contributed by atoms with E-state index in [4.69, 9.17) is 17.0 Å². The van der Waals surface area contributed by atoms with E-state index in [1.807, 2.05) is 0 Å². The lowest BCUT2D eigenvalue weighted by Crippen LogP contribution is -2.35. The van der Waals surface area contributed by atoms with Crippen molar-refractivity contribution >= 4 is 27.2 Å². The molecule has 1 N–H and O–H groups in total. The second-order valence-electron chi connectivity index (χ2n) is 8.68. The molecule has 0 spiro atoms. The summed E-state index contributed by atoms with van der Waals surface area (Å²) in [5, 5.41) is 3.37. The summed E-state index contributed by atoms with van der Waals surface area (Å²) in [6, 6.07) is -0.0710. The number of hydrogen-bond donors (Lipinski definition) is 1. The molecule has 6 heteroatoms. The Balaban J connectivity index is 1.75. The summed E-state index contributed by atoms with van der Waals surface area (Å²) in [5.41, 5.74) is 0. The van der Waals surface area contributed by atoms with Crippen molar-refractivity contribution in [3.05, 3.63) is 0 Å². The van der Waals surface area contributed by atoms with Crippen molar-refractivity contribution in [1.29, 1.82) is 0 Å². The zero-order valence-corrected chi connectivity index (χ0v) is 20.4. The maximum absolute atomic E-state index is 11.4. The van der Waals surface area contributed by atoms with Crippen LogP contribution in [0.4, 0.5) is 0 Å². The molecule has 4 nitrogen and oxygen atoms in total. The molecule has 0 saturated carbocycles. The molecule has 1 fully saturated rings. The minimum absolute atomic E-state index is 0.0710. The fraction of sp³-hybridized carbons (Fsp3) is 0.957. The van der Waals surface area contributed by atoms with Gasteiger partial charge in [0.2, 0.25) is 0 Å². The van der Waals surface area contributed by atoms with E-state index < -0.39 is 9.84 Å². The van der Waals surface area contributed by atoms with Crippen LogP contribution in [0.25, 0.3) is 0 Å². The molecule has 1 unspecified atom stereocenters. The highest BCUT2D eigenvalue weighted by Crippen LogP contribution is 2.14. The number of unbranched alkanes of at least 4 members (excludes halogenated alkanes) is 15. The largest absolute Gasteiger partial charge is 0.471 e. The smallest absolute Gasteiger partial charge is 0.256 e. The Hall–Kier alpha value is -0.360. The van der Waals surface area contributed by atoms with Crippen molar-refractivity contribution in [2.75, 3.05) is 18.1 Å². The quantitative estimate of drug-likeness (QED) is 0.197. The van der Waals surface area contributed by atoms with Gasteiger partial charge in [0.25, 0.3) is 5.17 Å². The van der Waals surface area contributed by atoms with E-state index in [2.05, 4.69) is 12.2 Å². The maximum Gasteiger partial charge on any atom is 0.256 e. The Labute approximate surface area is 185 Å². The first-order chi connectivity index (χ1) is 14.0. The van der Waals surface area contributed by atoms with Gasteiger partial charge in [0.05, 0.1) is 18.1 Å². The highest BCUT2D eigenvalue weighted by molar-refractivity contribution is 7.91. The van der Waals surface area contributed by atoms with Crippen LogP contribution in [0.15, 0.2) is 0 Å². The van der Waals surface area contributed by atoms with E-state index in [1.54, 1.807) is 0 Å². The van der Waals surface area contributed by atoms with Crippen LogP contribution in [0.2, 0.25) is 0 Å². The Bertz CT molecular complexity index is 508. The van der Waals surface area contributed by atoms with Gasteiger partial charge in [-0.3, -0.25) is 0 Å². The topological polar surface area (TPSA) is 55.4 Å². The summed E-state index contributed by atoms with van der Waals surface area (Å²) in [6.07, 6.45) is 22.3. The lowest BCUT2D eigenvalue weighted by molar-refractivity contribution is 0.283. The second kappa shape index (κ2) is 17.3. The van der Waals surface area contributed by atoms with Gasteiger partial charge in [0.15, 0.2) is 9.84 Å². The summed E-state index contributed by atoms with van der Waals surface area (Å²) >= 11 is 5.15.